The second-order valence-corrected chi connectivity index (χ2v) is 6.38. The highest BCUT2D eigenvalue weighted by molar-refractivity contribution is 6.30. The van der Waals surface area contributed by atoms with E-state index >= 15 is 0 Å². The van der Waals surface area contributed by atoms with Gasteiger partial charge in [-0.05, 0) is 30.2 Å². The van der Waals surface area contributed by atoms with Crippen LogP contribution in [-0.4, -0.2) is 31.1 Å². The van der Waals surface area contributed by atoms with Crippen LogP contribution in [-0.2, 0) is 11.3 Å². The van der Waals surface area contributed by atoms with Gasteiger partial charge in [0, 0.05) is 49.4 Å². The first-order chi connectivity index (χ1) is 9.95. The van der Waals surface area contributed by atoms with Crippen molar-refractivity contribution in [3.63, 3.8) is 0 Å². The average molecular weight is 310 g/mol. The summed E-state index contributed by atoms with van der Waals surface area (Å²) in [6, 6.07) is 6.71. The second-order valence-electron chi connectivity index (χ2n) is 5.94. The minimum absolute atomic E-state index is 0.0413. The van der Waals surface area contributed by atoms with Gasteiger partial charge in [-0.15, -0.1) is 0 Å². The standard InChI is InChI=1S/C16H24ClN3O/c1-11(2)18-9-13-8-14(17)4-5-16(13)20-7-6-15(10-20)19-12(3)21/h4-5,8,11,15,18H,6-7,9-10H2,1-3H3,(H,19,21). The van der Waals surface area contributed by atoms with Gasteiger partial charge >= 0.3 is 0 Å². The molecule has 0 saturated carbocycles. The highest BCUT2D eigenvalue weighted by atomic mass is 35.5. The molecule has 0 aromatic heterocycles. The molecule has 21 heavy (non-hydrogen) atoms. The molecule has 0 bridgehead atoms. The van der Waals surface area contributed by atoms with Crippen molar-refractivity contribution in [3.8, 4) is 0 Å². The number of anilines is 1. The number of nitrogens with zero attached hydrogens (tertiary/aromatic N) is 1. The SMILES string of the molecule is CC(=O)NC1CCN(c2ccc(Cl)cc2CNC(C)C)C1. The summed E-state index contributed by atoms with van der Waals surface area (Å²) in [6.07, 6.45) is 0.985. The summed E-state index contributed by atoms with van der Waals surface area (Å²) in [6.45, 7) is 8.45. The molecule has 2 N–H and O–H groups in total. The average Bonchev–Trinajstić information content (AvgIpc) is 2.83. The van der Waals surface area contributed by atoms with E-state index in [0.29, 0.717) is 6.04 Å². The molecule has 1 unspecified atom stereocenters. The Morgan fingerprint density at radius 2 is 2.24 bits per heavy atom. The number of nitrogens with one attached hydrogen (secondary N) is 2. The van der Waals surface area contributed by atoms with E-state index in [4.69, 9.17) is 11.6 Å². The maximum absolute atomic E-state index is 11.2. The Kier molecular flexibility index (Phi) is 5.48. The van der Waals surface area contributed by atoms with E-state index in [2.05, 4.69) is 35.4 Å². The Balaban J connectivity index is 2.10. The minimum atomic E-state index is 0.0413. The molecule has 2 rings (SSSR count). The highest BCUT2D eigenvalue weighted by Gasteiger charge is 2.24. The van der Waals surface area contributed by atoms with Crippen LogP contribution in [0.4, 0.5) is 5.69 Å². The molecule has 0 aliphatic carbocycles. The smallest absolute Gasteiger partial charge is 0.217 e. The molecule has 1 atom stereocenters. The molecule has 1 saturated heterocycles. The van der Waals surface area contributed by atoms with E-state index in [0.717, 1.165) is 31.1 Å². The molecule has 1 aliphatic rings. The van der Waals surface area contributed by atoms with Crippen LogP contribution >= 0.6 is 11.6 Å². The van der Waals surface area contributed by atoms with Gasteiger partial charge in [0.1, 0.15) is 0 Å². The zero-order chi connectivity index (χ0) is 15.4. The lowest BCUT2D eigenvalue weighted by Crippen LogP contribution is -2.35. The van der Waals surface area contributed by atoms with E-state index in [1.165, 1.54) is 11.3 Å². The van der Waals surface area contributed by atoms with E-state index in [1.54, 1.807) is 6.92 Å². The van der Waals surface area contributed by atoms with Gasteiger partial charge in [-0.1, -0.05) is 25.4 Å². The molecule has 0 spiro atoms. The molecule has 0 radical (unpaired) electrons. The van der Waals surface area contributed by atoms with Crippen LogP contribution in [0.2, 0.25) is 5.02 Å². The number of benzene rings is 1. The summed E-state index contributed by atoms with van der Waals surface area (Å²) >= 11 is 6.13. The molecule has 1 heterocycles. The fraction of sp³-hybridized carbons (Fsp3) is 0.562. The summed E-state index contributed by atoms with van der Waals surface area (Å²) in [5, 5.41) is 7.20. The quantitative estimate of drug-likeness (QED) is 0.878. The van der Waals surface area contributed by atoms with Gasteiger partial charge in [0.25, 0.3) is 0 Å². The first-order valence-electron chi connectivity index (χ1n) is 7.49. The topological polar surface area (TPSA) is 44.4 Å². The summed E-state index contributed by atoms with van der Waals surface area (Å²) in [4.78, 5) is 13.5. The highest BCUT2D eigenvalue weighted by Crippen LogP contribution is 2.27. The molecule has 116 valence electrons. The maximum atomic E-state index is 11.2. The molecular weight excluding hydrogens is 286 g/mol. The van der Waals surface area contributed by atoms with Crippen molar-refractivity contribution >= 4 is 23.2 Å². The van der Waals surface area contributed by atoms with Crippen molar-refractivity contribution in [1.29, 1.82) is 0 Å². The Hall–Kier alpha value is -1.26. The van der Waals surface area contributed by atoms with Crippen LogP contribution in [0.25, 0.3) is 0 Å². The maximum Gasteiger partial charge on any atom is 0.217 e. The van der Waals surface area contributed by atoms with E-state index in [1.807, 2.05) is 12.1 Å². The molecule has 4 nitrogen and oxygen atoms in total. The van der Waals surface area contributed by atoms with E-state index < -0.39 is 0 Å². The van der Waals surface area contributed by atoms with Gasteiger partial charge in [-0.2, -0.15) is 0 Å². The molecular formula is C16H24ClN3O. The summed E-state index contributed by atoms with van der Waals surface area (Å²) in [5.74, 6) is 0.0413. The first kappa shape index (κ1) is 16.1. The molecule has 1 amide bonds. The van der Waals surface area contributed by atoms with Gasteiger partial charge in [0.05, 0.1) is 0 Å². The molecule has 1 aromatic rings. The lowest BCUT2D eigenvalue weighted by atomic mass is 10.1. The van der Waals surface area contributed by atoms with Crippen LogP contribution in [0, 0.1) is 0 Å². The third kappa shape index (κ3) is 4.61. The lowest BCUT2D eigenvalue weighted by molar-refractivity contribution is -0.119. The summed E-state index contributed by atoms with van der Waals surface area (Å²) < 4.78 is 0. The number of amides is 1. The molecule has 1 aliphatic heterocycles. The third-order valence-corrected chi connectivity index (χ3v) is 3.91. The van der Waals surface area contributed by atoms with Crippen molar-refractivity contribution in [2.75, 3.05) is 18.0 Å². The van der Waals surface area contributed by atoms with Gasteiger partial charge in [-0.25, -0.2) is 0 Å². The molecule has 1 aromatic carbocycles. The Morgan fingerprint density at radius 3 is 2.90 bits per heavy atom. The van der Waals surface area contributed by atoms with E-state index in [9.17, 15) is 4.79 Å². The van der Waals surface area contributed by atoms with Crippen LogP contribution < -0.4 is 15.5 Å². The van der Waals surface area contributed by atoms with Crippen LogP contribution in [0.15, 0.2) is 18.2 Å². The summed E-state index contributed by atoms with van der Waals surface area (Å²) in [5.41, 5.74) is 2.42. The van der Waals surface area contributed by atoms with Gasteiger partial charge < -0.3 is 15.5 Å². The van der Waals surface area contributed by atoms with Crippen molar-refractivity contribution < 1.29 is 4.79 Å². The fourth-order valence-corrected chi connectivity index (χ4v) is 2.90. The number of hydrogen-bond donors (Lipinski definition) is 2. The number of carbonyl (C=O) groups is 1. The van der Waals surface area contributed by atoms with Crippen LogP contribution in [0.3, 0.4) is 0 Å². The number of halogens is 1. The number of rotatable bonds is 5. The zero-order valence-corrected chi connectivity index (χ0v) is 13.7. The first-order valence-corrected chi connectivity index (χ1v) is 7.87. The van der Waals surface area contributed by atoms with E-state index in [-0.39, 0.29) is 11.9 Å². The van der Waals surface area contributed by atoms with Crippen molar-refractivity contribution in [2.24, 2.45) is 0 Å². The van der Waals surface area contributed by atoms with Gasteiger partial charge in [0.15, 0.2) is 0 Å². The van der Waals surface area contributed by atoms with Crippen molar-refractivity contribution in [2.45, 2.75) is 45.8 Å². The van der Waals surface area contributed by atoms with Crippen LogP contribution in [0.1, 0.15) is 32.8 Å². The normalized spacial score (nSPS) is 18.3. The predicted octanol–water partition coefficient (Wildman–Crippen LogP) is 2.55. The van der Waals surface area contributed by atoms with Crippen LogP contribution in [0.5, 0.6) is 0 Å². The van der Waals surface area contributed by atoms with Crippen molar-refractivity contribution in [3.05, 3.63) is 28.8 Å². The predicted molar refractivity (Wildman–Crippen MR) is 87.9 cm³/mol. The van der Waals surface area contributed by atoms with Crippen molar-refractivity contribution in [1.82, 2.24) is 10.6 Å². The summed E-state index contributed by atoms with van der Waals surface area (Å²) in [7, 11) is 0. The fourth-order valence-electron chi connectivity index (χ4n) is 2.70. The Labute approximate surface area is 131 Å². The van der Waals surface area contributed by atoms with Gasteiger partial charge in [0.2, 0.25) is 5.91 Å². The van der Waals surface area contributed by atoms with Gasteiger partial charge in [-0.3, -0.25) is 4.79 Å². The largest absolute Gasteiger partial charge is 0.369 e. The second kappa shape index (κ2) is 7.14. The Bertz CT molecular complexity index is 504. The zero-order valence-electron chi connectivity index (χ0n) is 12.9. The number of carbonyl (C=O) groups excluding carboxylic acids is 1. The Morgan fingerprint density at radius 1 is 1.48 bits per heavy atom. The molecule has 1 fully saturated rings. The minimum Gasteiger partial charge on any atom is -0.369 e. The monoisotopic (exact) mass is 309 g/mol. The molecule has 5 heteroatoms. The number of hydrogen-bond acceptors (Lipinski definition) is 3. The third-order valence-electron chi connectivity index (χ3n) is 3.68. The lowest BCUT2D eigenvalue weighted by Gasteiger charge is -2.23.